The van der Waals surface area contributed by atoms with Crippen LogP contribution in [-0.4, -0.2) is 35.0 Å². The highest BCUT2D eigenvalue weighted by molar-refractivity contribution is 7.89. The largest absolute Gasteiger partial charge is 0.377 e. The molecule has 2 N–H and O–H groups in total. The molecule has 1 aliphatic carbocycles. The van der Waals surface area contributed by atoms with Gasteiger partial charge in [0.1, 0.15) is 0 Å². The van der Waals surface area contributed by atoms with Gasteiger partial charge in [0.15, 0.2) is 0 Å². The van der Waals surface area contributed by atoms with Gasteiger partial charge in [-0.15, -0.1) is 0 Å². The monoisotopic (exact) mass is 495 g/mol. The predicted molar refractivity (Wildman–Crippen MR) is 138 cm³/mol. The third kappa shape index (κ3) is 6.39. The summed E-state index contributed by atoms with van der Waals surface area (Å²) >= 11 is 0. The van der Waals surface area contributed by atoms with Crippen LogP contribution in [0.4, 0.5) is 5.69 Å². The molecule has 0 aliphatic heterocycles. The molecule has 186 valence electrons. The Morgan fingerprint density at radius 1 is 0.943 bits per heavy atom. The van der Waals surface area contributed by atoms with Crippen LogP contribution in [0, 0.1) is 11.8 Å². The summed E-state index contributed by atoms with van der Waals surface area (Å²) in [6.45, 7) is 0.725. The van der Waals surface area contributed by atoms with E-state index in [0.29, 0.717) is 36.3 Å². The van der Waals surface area contributed by atoms with Crippen molar-refractivity contribution in [3.63, 3.8) is 0 Å². The van der Waals surface area contributed by atoms with Gasteiger partial charge in [0, 0.05) is 43.5 Å². The van der Waals surface area contributed by atoms with E-state index >= 15 is 0 Å². The highest BCUT2D eigenvalue weighted by atomic mass is 32.2. The SMILES string of the molecule is CN(C)c1cccc2c(S(=O)(=O)NCCC3CC(CC(=O)NOCc4ccccc4)C3)cccc12. The third-order valence-corrected chi connectivity index (χ3v) is 8.07. The van der Waals surface area contributed by atoms with E-state index in [1.807, 2.05) is 73.6 Å². The van der Waals surface area contributed by atoms with Crippen LogP contribution in [0.2, 0.25) is 0 Å². The number of hydrogen-bond donors (Lipinski definition) is 2. The molecule has 7 nitrogen and oxygen atoms in total. The summed E-state index contributed by atoms with van der Waals surface area (Å²) in [5, 5.41) is 1.63. The Bertz CT molecular complexity index is 1260. The average molecular weight is 496 g/mol. The van der Waals surface area contributed by atoms with Gasteiger partial charge in [0.05, 0.1) is 11.5 Å². The van der Waals surface area contributed by atoms with E-state index in [4.69, 9.17) is 4.84 Å². The molecule has 1 saturated carbocycles. The Morgan fingerprint density at radius 3 is 2.40 bits per heavy atom. The van der Waals surface area contributed by atoms with E-state index in [0.717, 1.165) is 41.3 Å². The minimum Gasteiger partial charge on any atom is -0.377 e. The number of rotatable bonds is 11. The Morgan fingerprint density at radius 2 is 1.66 bits per heavy atom. The quantitative estimate of drug-likeness (QED) is 0.389. The number of fused-ring (bicyclic) bond motifs is 1. The number of nitrogens with zero attached hydrogens (tertiary/aromatic N) is 1. The topological polar surface area (TPSA) is 87.7 Å². The van der Waals surface area contributed by atoms with E-state index in [-0.39, 0.29) is 5.91 Å². The van der Waals surface area contributed by atoms with Crippen LogP contribution in [0.3, 0.4) is 0 Å². The number of benzene rings is 3. The summed E-state index contributed by atoms with van der Waals surface area (Å²) in [7, 11) is 0.268. The number of nitrogens with one attached hydrogen (secondary N) is 2. The summed E-state index contributed by atoms with van der Waals surface area (Å²) in [4.78, 5) is 19.7. The Kier molecular flexibility index (Phi) is 8.05. The summed E-state index contributed by atoms with van der Waals surface area (Å²) in [5.74, 6) is 0.631. The van der Waals surface area contributed by atoms with Gasteiger partial charge in [-0.1, -0.05) is 54.6 Å². The molecule has 4 rings (SSSR count). The van der Waals surface area contributed by atoms with Gasteiger partial charge in [0.2, 0.25) is 15.9 Å². The van der Waals surface area contributed by atoms with Gasteiger partial charge in [0.25, 0.3) is 0 Å². The van der Waals surface area contributed by atoms with Crippen LogP contribution in [0.25, 0.3) is 10.8 Å². The fourth-order valence-corrected chi connectivity index (χ4v) is 5.99. The van der Waals surface area contributed by atoms with Crippen LogP contribution in [0.15, 0.2) is 71.6 Å². The fraction of sp³-hybridized carbons (Fsp3) is 0.370. The molecule has 0 heterocycles. The molecule has 0 saturated heterocycles. The lowest BCUT2D eigenvalue weighted by Gasteiger charge is -2.35. The van der Waals surface area contributed by atoms with Gasteiger partial charge in [-0.2, -0.15) is 0 Å². The summed E-state index contributed by atoms with van der Waals surface area (Å²) < 4.78 is 28.8. The molecule has 8 heteroatoms. The second-order valence-corrected chi connectivity index (χ2v) is 11.2. The average Bonchev–Trinajstić information content (AvgIpc) is 2.82. The molecule has 1 aliphatic rings. The van der Waals surface area contributed by atoms with Crippen LogP contribution < -0.4 is 15.1 Å². The zero-order chi connectivity index (χ0) is 24.8. The maximum atomic E-state index is 13.0. The first-order valence-corrected chi connectivity index (χ1v) is 13.4. The molecular weight excluding hydrogens is 462 g/mol. The molecule has 35 heavy (non-hydrogen) atoms. The van der Waals surface area contributed by atoms with Crippen molar-refractivity contribution >= 4 is 32.4 Å². The molecule has 0 bridgehead atoms. The van der Waals surface area contributed by atoms with Crippen LogP contribution in [0.5, 0.6) is 0 Å². The molecule has 0 unspecified atom stereocenters. The smallest absolute Gasteiger partial charge is 0.243 e. The zero-order valence-electron chi connectivity index (χ0n) is 20.2. The Hall–Kier alpha value is -2.94. The summed E-state index contributed by atoms with van der Waals surface area (Å²) in [5.41, 5.74) is 4.50. The van der Waals surface area contributed by atoms with Gasteiger partial charge in [-0.3, -0.25) is 9.63 Å². The lowest BCUT2D eigenvalue weighted by atomic mass is 9.72. The van der Waals surface area contributed by atoms with Crippen molar-refractivity contribution in [2.75, 3.05) is 25.5 Å². The van der Waals surface area contributed by atoms with E-state index < -0.39 is 10.0 Å². The molecule has 1 fully saturated rings. The van der Waals surface area contributed by atoms with E-state index in [2.05, 4.69) is 10.2 Å². The van der Waals surface area contributed by atoms with Crippen LogP contribution >= 0.6 is 0 Å². The predicted octanol–water partition coefficient (Wildman–Crippen LogP) is 4.24. The molecule has 0 radical (unpaired) electrons. The first kappa shape index (κ1) is 25.2. The maximum Gasteiger partial charge on any atom is 0.243 e. The molecule has 0 spiro atoms. The van der Waals surface area contributed by atoms with Gasteiger partial charge < -0.3 is 4.90 Å². The summed E-state index contributed by atoms with van der Waals surface area (Å²) in [6.07, 6.45) is 3.04. The third-order valence-electron chi connectivity index (χ3n) is 6.55. The number of sulfonamides is 1. The Labute approximate surface area is 207 Å². The zero-order valence-corrected chi connectivity index (χ0v) is 21.1. The van der Waals surface area contributed by atoms with Crippen molar-refractivity contribution in [2.45, 2.75) is 37.2 Å². The van der Waals surface area contributed by atoms with E-state index in [9.17, 15) is 13.2 Å². The highest BCUT2D eigenvalue weighted by Crippen LogP contribution is 2.38. The lowest BCUT2D eigenvalue weighted by Crippen LogP contribution is -2.34. The fourth-order valence-electron chi connectivity index (χ4n) is 4.72. The second kappa shape index (κ2) is 11.2. The molecule has 1 amide bonds. The van der Waals surface area contributed by atoms with Crippen molar-refractivity contribution < 1.29 is 18.0 Å². The van der Waals surface area contributed by atoms with Crippen molar-refractivity contribution in [1.82, 2.24) is 10.2 Å². The minimum atomic E-state index is -3.62. The molecule has 0 atom stereocenters. The number of anilines is 1. The standard InChI is InChI=1S/C27H33N3O4S/c1-30(2)25-12-6-11-24-23(25)10-7-13-26(24)35(32,33)28-15-14-21-16-22(17-21)18-27(31)29-34-19-20-8-4-3-5-9-20/h3-13,21-22,28H,14-19H2,1-2H3,(H,29,31). The first-order chi connectivity index (χ1) is 16.8. The maximum absolute atomic E-state index is 13.0. The number of amides is 1. The normalized spacial score (nSPS) is 17.7. The van der Waals surface area contributed by atoms with Gasteiger partial charge in [-0.05, 0) is 48.8 Å². The first-order valence-electron chi connectivity index (χ1n) is 12.0. The Balaban J connectivity index is 1.21. The van der Waals surface area contributed by atoms with Crippen molar-refractivity contribution in [3.8, 4) is 0 Å². The van der Waals surface area contributed by atoms with Crippen molar-refractivity contribution in [2.24, 2.45) is 11.8 Å². The number of hydrogen-bond acceptors (Lipinski definition) is 5. The highest BCUT2D eigenvalue weighted by Gasteiger charge is 2.30. The van der Waals surface area contributed by atoms with E-state index in [1.165, 1.54) is 0 Å². The van der Waals surface area contributed by atoms with Gasteiger partial charge in [-0.25, -0.2) is 18.6 Å². The number of carbonyl (C=O) groups is 1. The molecule has 0 aromatic heterocycles. The van der Waals surface area contributed by atoms with Crippen molar-refractivity contribution in [3.05, 3.63) is 72.3 Å². The molecular formula is C27H33N3O4S. The molecule has 3 aromatic rings. The number of hydroxylamine groups is 1. The summed E-state index contributed by atoms with van der Waals surface area (Å²) in [6, 6.07) is 20.8. The second-order valence-electron chi connectivity index (χ2n) is 9.42. The molecule has 3 aromatic carbocycles. The van der Waals surface area contributed by atoms with Crippen molar-refractivity contribution in [1.29, 1.82) is 0 Å². The van der Waals surface area contributed by atoms with Gasteiger partial charge >= 0.3 is 0 Å². The minimum absolute atomic E-state index is 0.113. The van der Waals surface area contributed by atoms with Crippen LogP contribution in [0.1, 0.15) is 31.2 Å². The lowest BCUT2D eigenvalue weighted by molar-refractivity contribution is -0.136. The van der Waals surface area contributed by atoms with Crippen LogP contribution in [-0.2, 0) is 26.3 Å². The van der Waals surface area contributed by atoms with E-state index in [1.54, 1.807) is 12.1 Å². The number of carbonyl (C=O) groups excluding carboxylic acids is 1.